The summed E-state index contributed by atoms with van der Waals surface area (Å²) in [4.78, 5) is 11.5. The summed E-state index contributed by atoms with van der Waals surface area (Å²) in [5.74, 6) is -0.868. The second-order valence-electron chi connectivity index (χ2n) is 3.81. The van der Waals surface area contributed by atoms with Crippen molar-refractivity contribution in [3.63, 3.8) is 0 Å². The standard InChI is InChI=1S/C13H13NO2S/c14-11(7-13(15)16)12-6-10(8-17-12)9-4-2-1-3-5-9/h1-6,8,11H,7,14H2,(H,15,16). The van der Waals surface area contributed by atoms with Crippen LogP contribution in [0.3, 0.4) is 0 Å². The normalized spacial score (nSPS) is 12.3. The Morgan fingerprint density at radius 3 is 2.65 bits per heavy atom. The predicted octanol–water partition coefficient (Wildman–Crippen LogP) is 2.89. The molecule has 2 rings (SSSR count). The quantitative estimate of drug-likeness (QED) is 0.873. The second-order valence-corrected chi connectivity index (χ2v) is 4.75. The van der Waals surface area contributed by atoms with E-state index in [1.165, 1.54) is 11.3 Å². The SMILES string of the molecule is NC(CC(=O)O)c1cc(-c2ccccc2)cs1. The maximum absolute atomic E-state index is 10.6. The number of carbonyl (C=O) groups is 1. The largest absolute Gasteiger partial charge is 0.481 e. The highest BCUT2D eigenvalue weighted by molar-refractivity contribution is 7.10. The molecule has 0 aliphatic carbocycles. The van der Waals surface area contributed by atoms with E-state index in [0.717, 1.165) is 16.0 Å². The maximum atomic E-state index is 10.6. The van der Waals surface area contributed by atoms with Crippen LogP contribution < -0.4 is 5.73 Å². The van der Waals surface area contributed by atoms with E-state index < -0.39 is 12.0 Å². The Morgan fingerprint density at radius 2 is 2.00 bits per heavy atom. The van der Waals surface area contributed by atoms with Crippen LogP contribution in [0.1, 0.15) is 17.3 Å². The zero-order valence-electron chi connectivity index (χ0n) is 9.17. The van der Waals surface area contributed by atoms with Crippen LogP contribution in [-0.4, -0.2) is 11.1 Å². The number of benzene rings is 1. The Labute approximate surface area is 104 Å². The van der Waals surface area contributed by atoms with Gasteiger partial charge < -0.3 is 10.8 Å². The van der Waals surface area contributed by atoms with Gasteiger partial charge in [-0.15, -0.1) is 11.3 Å². The van der Waals surface area contributed by atoms with Crippen molar-refractivity contribution in [3.05, 3.63) is 46.7 Å². The lowest BCUT2D eigenvalue weighted by atomic mass is 10.1. The lowest BCUT2D eigenvalue weighted by molar-refractivity contribution is -0.137. The van der Waals surface area contributed by atoms with Gasteiger partial charge >= 0.3 is 5.97 Å². The number of nitrogens with two attached hydrogens (primary N) is 1. The van der Waals surface area contributed by atoms with Crippen molar-refractivity contribution < 1.29 is 9.90 Å². The van der Waals surface area contributed by atoms with Gasteiger partial charge in [0, 0.05) is 10.9 Å². The third-order valence-corrected chi connectivity index (χ3v) is 3.55. The summed E-state index contributed by atoms with van der Waals surface area (Å²) >= 11 is 1.51. The molecule has 88 valence electrons. The third-order valence-electron chi connectivity index (χ3n) is 2.49. The van der Waals surface area contributed by atoms with Gasteiger partial charge in [0.05, 0.1) is 6.42 Å². The molecule has 0 saturated heterocycles. The molecule has 2 aromatic rings. The van der Waals surface area contributed by atoms with Gasteiger partial charge in [-0.25, -0.2) is 0 Å². The molecule has 0 fully saturated rings. The minimum absolute atomic E-state index is 0.0330. The zero-order valence-corrected chi connectivity index (χ0v) is 9.98. The van der Waals surface area contributed by atoms with E-state index in [4.69, 9.17) is 10.8 Å². The molecule has 0 spiro atoms. The summed E-state index contributed by atoms with van der Waals surface area (Å²) < 4.78 is 0. The number of carboxylic acid groups (broad SMARTS) is 1. The topological polar surface area (TPSA) is 63.3 Å². The summed E-state index contributed by atoms with van der Waals surface area (Å²) in [7, 11) is 0. The smallest absolute Gasteiger partial charge is 0.305 e. The molecule has 1 aromatic carbocycles. The van der Waals surface area contributed by atoms with Gasteiger partial charge in [-0.1, -0.05) is 30.3 Å². The zero-order chi connectivity index (χ0) is 12.3. The molecule has 0 radical (unpaired) electrons. The number of rotatable bonds is 4. The molecule has 17 heavy (non-hydrogen) atoms. The fraction of sp³-hybridized carbons (Fsp3) is 0.154. The Balaban J connectivity index is 2.19. The van der Waals surface area contributed by atoms with Crippen LogP contribution in [0.4, 0.5) is 0 Å². The summed E-state index contributed by atoms with van der Waals surface area (Å²) in [5, 5.41) is 10.7. The van der Waals surface area contributed by atoms with Gasteiger partial charge in [0.2, 0.25) is 0 Å². The predicted molar refractivity (Wildman–Crippen MR) is 68.9 cm³/mol. The molecule has 0 bridgehead atoms. The fourth-order valence-electron chi connectivity index (χ4n) is 1.62. The van der Waals surface area contributed by atoms with E-state index >= 15 is 0 Å². The van der Waals surface area contributed by atoms with Crippen molar-refractivity contribution in [2.75, 3.05) is 0 Å². The molecular formula is C13H13NO2S. The molecule has 4 heteroatoms. The minimum Gasteiger partial charge on any atom is -0.481 e. The highest BCUT2D eigenvalue weighted by atomic mass is 32.1. The van der Waals surface area contributed by atoms with Crippen LogP contribution in [0.2, 0.25) is 0 Å². The van der Waals surface area contributed by atoms with Gasteiger partial charge in [-0.2, -0.15) is 0 Å². The number of aliphatic carboxylic acids is 1. The highest BCUT2D eigenvalue weighted by Gasteiger charge is 2.13. The average Bonchev–Trinajstić information content (AvgIpc) is 2.78. The number of carboxylic acids is 1. The Morgan fingerprint density at radius 1 is 1.29 bits per heavy atom. The van der Waals surface area contributed by atoms with Crippen molar-refractivity contribution in [1.29, 1.82) is 0 Å². The van der Waals surface area contributed by atoms with Crippen LogP contribution in [0.25, 0.3) is 11.1 Å². The van der Waals surface area contributed by atoms with Crippen molar-refractivity contribution in [2.24, 2.45) is 5.73 Å². The maximum Gasteiger partial charge on any atom is 0.305 e. The average molecular weight is 247 g/mol. The Kier molecular flexibility index (Phi) is 3.56. The van der Waals surface area contributed by atoms with E-state index in [0.29, 0.717) is 0 Å². The summed E-state index contributed by atoms with van der Waals surface area (Å²) in [5.41, 5.74) is 8.03. The van der Waals surface area contributed by atoms with E-state index in [1.807, 2.05) is 41.8 Å². The number of thiophene rings is 1. The Bertz CT molecular complexity index is 507. The molecule has 3 nitrogen and oxygen atoms in total. The van der Waals surface area contributed by atoms with Crippen LogP contribution >= 0.6 is 11.3 Å². The fourth-order valence-corrected chi connectivity index (χ4v) is 2.54. The van der Waals surface area contributed by atoms with Crippen LogP contribution in [-0.2, 0) is 4.79 Å². The van der Waals surface area contributed by atoms with Gasteiger partial charge in [0.1, 0.15) is 0 Å². The van der Waals surface area contributed by atoms with E-state index in [1.54, 1.807) is 0 Å². The van der Waals surface area contributed by atoms with Gasteiger partial charge in [0.25, 0.3) is 0 Å². The van der Waals surface area contributed by atoms with Crippen molar-refractivity contribution in [2.45, 2.75) is 12.5 Å². The van der Waals surface area contributed by atoms with Crippen LogP contribution in [0.5, 0.6) is 0 Å². The number of hydrogen-bond donors (Lipinski definition) is 2. The summed E-state index contributed by atoms with van der Waals surface area (Å²) in [6, 6.07) is 11.5. The summed E-state index contributed by atoms with van der Waals surface area (Å²) in [6.07, 6.45) is -0.0330. The molecule has 1 heterocycles. The molecule has 1 atom stereocenters. The van der Waals surface area contributed by atoms with Crippen molar-refractivity contribution in [1.82, 2.24) is 0 Å². The molecule has 3 N–H and O–H groups in total. The molecule has 0 amide bonds. The van der Waals surface area contributed by atoms with E-state index in [2.05, 4.69) is 0 Å². The molecule has 0 aliphatic rings. The summed E-state index contributed by atoms with van der Waals surface area (Å²) in [6.45, 7) is 0. The lowest BCUT2D eigenvalue weighted by Gasteiger charge is -2.04. The molecular weight excluding hydrogens is 234 g/mol. The molecule has 0 saturated carbocycles. The first-order valence-corrected chi connectivity index (χ1v) is 6.16. The van der Waals surface area contributed by atoms with Crippen molar-refractivity contribution >= 4 is 17.3 Å². The van der Waals surface area contributed by atoms with Crippen molar-refractivity contribution in [3.8, 4) is 11.1 Å². The first kappa shape index (κ1) is 11.8. The van der Waals surface area contributed by atoms with Gasteiger partial charge in [-0.05, 0) is 22.6 Å². The second kappa shape index (κ2) is 5.12. The lowest BCUT2D eigenvalue weighted by Crippen LogP contribution is -2.13. The Hall–Kier alpha value is -1.65. The molecule has 1 aromatic heterocycles. The molecule has 1 unspecified atom stereocenters. The first-order valence-electron chi connectivity index (χ1n) is 5.28. The monoisotopic (exact) mass is 247 g/mol. The van der Waals surface area contributed by atoms with Crippen LogP contribution in [0, 0.1) is 0 Å². The van der Waals surface area contributed by atoms with Crippen LogP contribution in [0.15, 0.2) is 41.8 Å². The van der Waals surface area contributed by atoms with E-state index in [9.17, 15) is 4.79 Å². The highest BCUT2D eigenvalue weighted by Crippen LogP contribution is 2.29. The van der Waals surface area contributed by atoms with Gasteiger partial charge in [-0.3, -0.25) is 4.79 Å². The molecule has 0 aliphatic heterocycles. The minimum atomic E-state index is -0.868. The van der Waals surface area contributed by atoms with Gasteiger partial charge in [0.15, 0.2) is 0 Å². The number of hydrogen-bond acceptors (Lipinski definition) is 3. The third kappa shape index (κ3) is 2.93. The van der Waals surface area contributed by atoms with E-state index in [-0.39, 0.29) is 6.42 Å². The first-order chi connectivity index (χ1) is 8.16.